The summed E-state index contributed by atoms with van der Waals surface area (Å²) in [7, 11) is 0. The molecular formula is C28H21ClFN5O4. The van der Waals surface area contributed by atoms with E-state index >= 15 is 0 Å². The summed E-state index contributed by atoms with van der Waals surface area (Å²) in [5.41, 5.74) is 1.06. The molecule has 0 radical (unpaired) electrons. The molecule has 1 fully saturated rings. The summed E-state index contributed by atoms with van der Waals surface area (Å²) in [5.74, 6) is -1.45. The van der Waals surface area contributed by atoms with Gasteiger partial charge < -0.3 is 9.84 Å². The van der Waals surface area contributed by atoms with E-state index in [1.807, 2.05) is 6.07 Å². The summed E-state index contributed by atoms with van der Waals surface area (Å²) < 4.78 is 21.6. The number of amides is 1. The average Bonchev–Trinajstić information content (AvgIpc) is 3.63. The number of carbonyl (C=O) groups excluding carboxylic acids is 1. The zero-order valence-corrected chi connectivity index (χ0v) is 21.3. The predicted molar refractivity (Wildman–Crippen MR) is 140 cm³/mol. The Kier molecular flexibility index (Phi) is 6.76. The van der Waals surface area contributed by atoms with E-state index in [-0.39, 0.29) is 17.1 Å². The Labute approximate surface area is 227 Å². The zero-order valence-electron chi connectivity index (χ0n) is 20.6. The number of aromatic nitrogens is 3. The number of aliphatic carboxylic acids is 1. The van der Waals surface area contributed by atoms with Crippen molar-refractivity contribution in [3.63, 3.8) is 0 Å². The molecule has 1 amide bonds. The Morgan fingerprint density at radius 3 is 2.59 bits per heavy atom. The molecule has 0 bridgehead atoms. The van der Waals surface area contributed by atoms with E-state index in [1.54, 1.807) is 49.4 Å². The van der Waals surface area contributed by atoms with Crippen molar-refractivity contribution in [2.24, 2.45) is 0 Å². The average molecular weight is 546 g/mol. The molecule has 2 N–H and O–H groups in total. The number of hydrogen-bond donors (Lipinski definition) is 2. The minimum atomic E-state index is -1.14. The van der Waals surface area contributed by atoms with Gasteiger partial charge in [-0.2, -0.15) is 10.4 Å². The number of carboxylic acid groups (broad SMARTS) is 1. The van der Waals surface area contributed by atoms with Crippen molar-refractivity contribution in [1.29, 1.82) is 5.26 Å². The highest BCUT2D eigenvalue weighted by Gasteiger charge is 2.53. The van der Waals surface area contributed by atoms with Gasteiger partial charge in [0.25, 0.3) is 0 Å². The highest BCUT2D eigenvalue weighted by atomic mass is 35.5. The number of nitriles is 1. The number of pyridine rings is 1. The standard InChI is InChI=1S/C28H21ClFN5O4/c1-16(20-4-2-3-5-22(20)29)39-27(38)33-25-13-18(14-31)34-35(25)19-7-9-24(32-15-19)17-6-8-21(23(30)12-17)28(10-11-28)26(36)37/h2-9,12-13,15-16H,10-11H2,1H3,(H,33,38)(H,36,37). The number of anilines is 1. The van der Waals surface area contributed by atoms with Gasteiger partial charge >= 0.3 is 12.1 Å². The van der Waals surface area contributed by atoms with Crippen LogP contribution in [-0.4, -0.2) is 31.9 Å². The summed E-state index contributed by atoms with van der Waals surface area (Å²) in [5, 5.41) is 26.1. The molecule has 9 nitrogen and oxygen atoms in total. The molecular weight excluding hydrogens is 525 g/mol. The van der Waals surface area contributed by atoms with E-state index in [1.165, 1.54) is 29.1 Å². The van der Waals surface area contributed by atoms with Gasteiger partial charge in [0.2, 0.25) is 0 Å². The molecule has 196 valence electrons. The number of hydrogen-bond acceptors (Lipinski definition) is 6. The highest BCUT2D eigenvalue weighted by Crippen LogP contribution is 2.49. The summed E-state index contributed by atoms with van der Waals surface area (Å²) in [6.45, 7) is 1.68. The third kappa shape index (κ3) is 5.04. The Morgan fingerprint density at radius 2 is 1.97 bits per heavy atom. The number of nitrogens with zero attached hydrogens (tertiary/aromatic N) is 4. The third-order valence-electron chi connectivity index (χ3n) is 6.61. The Bertz CT molecular complexity index is 1630. The molecule has 1 atom stereocenters. The number of nitrogens with one attached hydrogen (secondary N) is 1. The number of rotatable bonds is 7. The third-order valence-corrected chi connectivity index (χ3v) is 6.96. The van der Waals surface area contributed by atoms with Crippen molar-refractivity contribution in [3.8, 4) is 23.0 Å². The molecule has 2 aromatic carbocycles. The summed E-state index contributed by atoms with van der Waals surface area (Å²) in [4.78, 5) is 28.6. The van der Waals surface area contributed by atoms with Crippen LogP contribution in [0.5, 0.6) is 0 Å². The van der Waals surface area contributed by atoms with E-state index in [2.05, 4.69) is 15.4 Å². The van der Waals surface area contributed by atoms with Crippen LogP contribution < -0.4 is 5.32 Å². The van der Waals surface area contributed by atoms with E-state index in [0.717, 1.165) is 0 Å². The second-order valence-electron chi connectivity index (χ2n) is 9.12. The van der Waals surface area contributed by atoms with Crippen LogP contribution >= 0.6 is 11.6 Å². The van der Waals surface area contributed by atoms with Crippen LogP contribution in [0, 0.1) is 17.1 Å². The maximum absolute atomic E-state index is 14.8. The van der Waals surface area contributed by atoms with Gasteiger partial charge in [-0.3, -0.25) is 15.1 Å². The largest absolute Gasteiger partial charge is 0.481 e. The molecule has 1 saturated carbocycles. The maximum Gasteiger partial charge on any atom is 0.413 e. The normalized spacial score (nSPS) is 14.2. The fraction of sp³-hybridized carbons (Fsp3) is 0.179. The lowest BCUT2D eigenvalue weighted by Gasteiger charge is -2.16. The molecule has 11 heteroatoms. The molecule has 4 aromatic rings. The Morgan fingerprint density at radius 1 is 1.21 bits per heavy atom. The number of carboxylic acids is 1. The van der Waals surface area contributed by atoms with Crippen molar-refractivity contribution in [3.05, 3.63) is 94.5 Å². The number of halogens is 2. The molecule has 0 spiro atoms. The molecule has 2 heterocycles. The van der Waals surface area contributed by atoms with Gasteiger partial charge in [-0.05, 0) is 44.0 Å². The molecule has 0 aliphatic heterocycles. The summed E-state index contributed by atoms with van der Waals surface area (Å²) >= 11 is 6.19. The first-order valence-electron chi connectivity index (χ1n) is 11.9. The van der Waals surface area contributed by atoms with Crippen LogP contribution in [0.2, 0.25) is 5.02 Å². The van der Waals surface area contributed by atoms with Crippen molar-refractivity contribution in [1.82, 2.24) is 14.8 Å². The van der Waals surface area contributed by atoms with E-state index in [9.17, 15) is 24.3 Å². The lowest BCUT2D eigenvalue weighted by atomic mass is 9.94. The number of ether oxygens (including phenoxy) is 1. The first kappa shape index (κ1) is 25.9. The fourth-order valence-electron chi connectivity index (χ4n) is 4.35. The first-order chi connectivity index (χ1) is 18.7. The van der Waals surface area contributed by atoms with Crippen molar-refractivity contribution < 1.29 is 23.8 Å². The van der Waals surface area contributed by atoms with Gasteiger partial charge in [-0.15, -0.1) is 0 Å². The smallest absolute Gasteiger partial charge is 0.413 e. The molecule has 0 saturated heterocycles. The van der Waals surface area contributed by atoms with Crippen molar-refractivity contribution >= 4 is 29.5 Å². The lowest BCUT2D eigenvalue weighted by Crippen LogP contribution is -2.20. The number of benzene rings is 2. The quantitative estimate of drug-likeness (QED) is 0.290. The van der Waals surface area contributed by atoms with Crippen molar-refractivity contribution in [2.45, 2.75) is 31.3 Å². The molecule has 5 rings (SSSR count). The fourth-order valence-corrected chi connectivity index (χ4v) is 4.64. The van der Waals surface area contributed by atoms with Crippen LogP contribution in [0.1, 0.15) is 42.7 Å². The Balaban J connectivity index is 1.35. The molecule has 39 heavy (non-hydrogen) atoms. The van der Waals surface area contributed by atoms with Gasteiger partial charge in [-0.1, -0.05) is 41.9 Å². The van der Waals surface area contributed by atoms with E-state index in [0.29, 0.717) is 40.4 Å². The Hall–Kier alpha value is -4.75. The van der Waals surface area contributed by atoms with Gasteiger partial charge in [0.1, 0.15) is 23.8 Å². The van der Waals surface area contributed by atoms with Crippen LogP contribution in [0.3, 0.4) is 0 Å². The predicted octanol–water partition coefficient (Wildman–Crippen LogP) is 6.02. The van der Waals surface area contributed by atoms with Crippen LogP contribution in [0.15, 0.2) is 66.9 Å². The number of carbonyl (C=O) groups is 2. The molecule has 1 aliphatic rings. The highest BCUT2D eigenvalue weighted by molar-refractivity contribution is 6.31. The zero-order chi connectivity index (χ0) is 27.7. The topological polar surface area (TPSA) is 130 Å². The minimum Gasteiger partial charge on any atom is -0.481 e. The maximum atomic E-state index is 14.8. The van der Waals surface area contributed by atoms with Gasteiger partial charge in [0.15, 0.2) is 5.69 Å². The first-order valence-corrected chi connectivity index (χ1v) is 12.3. The molecule has 1 aliphatic carbocycles. The minimum absolute atomic E-state index is 0.0543. The van der Waals surface area contributed by atoms with E-state index < -0.39 is 29.4 Å². The lowest BCUT2D eigenvalue weighted by molar-refractivity contribution is -0.140. The van der Waals surface area contributed by atoms with Crippen molar-refractivity contribution in [2.75, 3.05) is 5.32 Å². The van der Waals surface area contributed by atoms with Gasteiger partial charge in [-0.25, -0.2) is 13.9 Å². The second-order valence-corrected chi connectivity index (χ2v) is 9.52. The molecule has 1 unspecified atom stereocenters. The monoisotopic (exact) mass is 545 g/mol. The van der Waals surface area contributed by atoms with Gasteiger partial charge in [0, 0.05) is 27.8 Å². The summed E-state index contributed by atoms with van der Waals surface area (Å²) in [6, 6.07) is 18.0. The summed E-state index contributed by atoms with van der Waals surface area (Å²) in [6.07, 6.45) is 0.857. The second kappa shape index (κ2) is 10.2. The van der Waals surface area contributed by atoms with E-state index in [4.69, 9.17) is 16.3 Å². The van der Waals surface area contributed by atoms with Crippen LogP contribution in [0.4, 0.5) is 15.0 Å². The molecule has 2 aromatic heterocycles. The SMILES string of the molecule is CC(OC(=O)Nc1cc(C#N)nn1-c1ccc(-c2ccc(C3(C(=O)O)CC3)c(F)c2)nc1)c1ccccc1Cl. The van der Waals surface area contributed by atoms with Crippen LogP contribution in [-0.2, 0) is 14.9 Å². The van der Waals surface area contributed by atoms with Gasteiger partial charge in [0.05, 0.1) is 23.0 Å². The van der Waals surface area contributed by atoms with Crippen LogP contribution in [0.25, 0.3) is 16.9 Å².